The van der Waals surface area contributed by atoms with Gasteiger partial charge >= 0.3 is 0 Å². The van der Waals surface area contributed by atoms with E-state index in [4.69, 9.17) is 33.8 Å². The predicted octanol–water partition coefficient (Wildman–Crippen LogP) is 3.79. The van der Waals surface area contributed by atoms with Crippen LogP contribution in [0.2, 0.25) is 10.0 Å². The summed E-state index contributed by atoms with van der Waals surface area (Å²) in [6, 6.07) is 5.27. The smallest absolute Gasteiger partial charge is 0.145 e. The average Bonchev–Trinajstić information content (AvgIpc) is 2.78. The molecule has 0 fully saturated rings. The number of rotatable bonds is 5. The van der Waals surface area contributed by atoms with Gasteiger partial charge in [-0.15, -0.1) is 11.3 Å². The number of nitrogens with zero attached hydrogens (tertiary/aromatic N) is 2. The summed E-state index contributed by atoms with van der Waals surface area (Å²) >= 11 is 13.6. The number of amidine groups is 1. The summed E-state index contributed by atoms with van der Waals surface area (Å²) in [5.74, 6) is 0.360. The van der Waals surface area contributed by atoms with E-state index in [9.17, 15) is 0 Å². The van der Waals surface area contributed by atoms with Crippen LogP contribution < -0.4 is 5.73 Å². The summed E-state index contributed by atoms with van der Waals surface area (Å²) in [7, 11) is 0. The van der Waals surface area contributed by atoms with Crippen molar-refractivity contribution in [3.8, 4) is 0 Å². The molecule has 0 bridgehead atoms. The van der Waals surface area contributed by atoms with Crippen LogP contribution >= 0.6 is 34.5 Å². The number of thiazole rings is 1. The molecule has 0 radical (unpaired) electrons. The SMILES string of the molecule is Cc1nc(CC(N)=NOCc2c(Cl)cccc2Cl)cs1. The number of hydrogen-bond acceptors (Lipinski definition) is 4. The third kappa shape index (κ3) is 4.10. The van der Waals surface area contributed by atoms with Gasteiger partial charge in [0, 0.05) is 21.0 Å². The fourth-order valence-electron chi connectivity index (χ4n) is 1.56. The number of aromatic nitrogens is 1. The zero-order chi connectivity index (χ0) is 14.5. The van der Waals surface area contributed by atoms with E-state index in [2.05, 4.69) is 10.1 Å². The molecule has 0 atom stereocenters. The molecule has 0 aliphatic carbocycles. The Bertz CT molecular complexity index is 608. The summed E-state index contributed by atoms with van der Waals surface area (Å²) in [5, 5.41) is 7.88. The molecule has 7 heteroatoms. The van der Waals surface area contributed by atoms with Crippen LogP contribution in [0.3, 0.4) is 0 Å². The molecule has 2 rings (SSSR count). The number of benzene rings is 1. The van der Waals surface area contributed by atoms with E-state index in [1.165, 1.54) is 0 Å². The monoisotopic (exact) mass is 329 g/mol. The summed E-state index contributed by atoms with van der Waals surface area (Å²) in [6.07, 6.45) is 0.459. The molecule has 20 heavy (non-hydrogen) atoms. The van der Waals surface area contributed by atoms with Crippen LogP contribution in [0.25, 0.3) is 0 Å². The Labute approximate surface area is 131 Å². The van der Waals surface area contributed by atoms with Gasteiger partial charge in [0.1, 0.15) is 12.4 Å². The lowest BCUT2D eigenvalue weighted by molar-refractivity contribution is 0.130. The predicted molar refractivity (Wildman–Crippen MR) is 83.4 cm³/mol. The Hall–Kier alpha value is -1.30. The number of nitrogens with two attached hydrogens (primary N) is 1. The molecular weight excluding hydrogens is 317 g/mol. The molecule has 0 saturated carbocycles. The maximum atomic E-state index is 6.02. The molecule has 2 aromatic rings. The Balaban J connectivity index is 1.92. The highest BCUT2D eigenvalue weighted by Crippen LogP contribution is 2.24. The highest BCUT2D eigenvalue weighted by molar-refractivity contribution is 7.09. The molecule has 4 nitrogen and oxygen atoms in total. The molecule has 1 heterocycles. The first-order valence-corrected chi connectivity index (χ1v) is 7.48. The summed E-state index contributed by atoms with van der Waals surface area (Å²) in [4.78, 5) is 9.50. The van der Waals surface area contributed by atoms with Gasteiger partial charge in [0.05, 0.1) is 17.1 Å². The number of halogens is 2. The van der Waals surface area contributed by atoms with Crippen LogP contribution in [0, 0.1) is 6.92 Å². The van der Waals surface area contributed by atoms with Crippen LogP contribution in [0.4, 0.5) is 0 Å². The zero-order valence-electron chi connectivity index (χ0n) is 10.8. The second-order valence-electron chi connectivity index (χ2n) is 4.09. The van der Waals surface area contributed by atoms with Crippen molar-refractivity contribution >= 4 is 40.4 Å². The van der Waals surface area contributed by atoms with Crippen LogP contribution in [0.15, 0.2) is 28.7 Å². The van der Waals surface area contributed by atoms with E-state index in [0.717, 1.165) is 10.7 Å². The normalized spacial score (nSPS) is 11.7. The van der Waals surface area contributed by atoms with Gasteiger partial charge in [-0.2, -0.15) is 0 Å². The third-order valence-corrected chi connectivity index (χ3v) is 4.01. The molecule has 106 valence electrons. The molecule has 0 aliphatic heterocycles. The van der Waals surface area contributed by atoms with Gasteiger partial charge in [-0.3, -0.25) is 0 Å². The lowest BCUT2D eigenvalue weighted by Gasteiger charge is -2.05. The fourth-order valence-corrected chi connectivity index (χ4v) is 2.68. The third-order valence-electron chi connectivity index (χ3n) is 2.48. The molecule has 2 N–H and O–H groups in total. The highest BCUT2D eigenvalue weighted by Gasteiger charge is 2.06. The van der Waals surface area contributed by atoms with Gasteiger partial charge in [-0.05, 0) is 19.1 Å². The quantitative estimate of drug-likeness (QED) is 0.515. The van der Waals surface area contributed by atoms with Crippen molar-refractivity contribution in [2.24, 2.45) is 10.9 Å². The first kappa shape index (κ1) is 15.1. The van der Waals surface area contributed by atoms with Gasteiger partial charge < -0.3 is 10.6 Å². The van der Waals surface area contributed by atoms with E-state index in [0.29, 0.717) is 27.9 Å². The van der Waals surface area contributed by atoms with Crippen LogP contribution in [-0.2, 0) is 17.9 Å². The minimum atomic E-state index is 0.176. The first-order chi connectivity index (χ1) is 9.56. The van der Waals surface area contributed by atoms with Crippen molar-refractivity contribution in [3.63, 3.8) is 0 Å². The maximum absolute atomic E-state index is 6.02. The highest BCUT2D eigenvalue weighted by atomic mass is 35.5. The van der Waals surface area contributed by atoms with Crippen molar-refractivity contribution in [1.29, 1.82) is 0 Å². The lowest BCUT2D eigenvalue weighted by atomic mass is 10.2. The molecule has 1 aromatic heterocycles. The van der Waals surface area contributed by atoms with Crippen LogP contribution in [-0.4, -0.2) is 10.8 Å². The van der Waals surface area contributed by atoms with Gasteiger partial charge in [0.25, 0.3) is 0 Å². The zero-order valence-corrected chi connectivity index (χ0v) is 13.1. The van der Waals surface area contributed by atoms with Crippen LogP contribution in [0.5, 0.6) is 0 Å². The molecule has 0 saturated heterocycles. The molecule has 0 spiro atoms. The lowest BCUT2D eigenvalue weighted by Crippen LogP contribution is -2.15. The van der Waals surface area contributed by atoms with E-state index >= 15 is 0 Å². The van der Waals surface area contributed by atoms with Crippen molar-refractivity contribution < 1.29 is 4.84 Å². The van der Waals surface area contributed by atoms with Crippen LogP contribution in [0.1, 0.15) is 16.3 Å². The van der Waals surface area contributed by atoms with Gasteiger partial charge in [0.2, 0.25) is 0 Å². The van der Waals surface area contributed by atoms with Gasteiger partial charge in [-0.1, -0.05) is 34.4 Å². The summed E-state index contributed by atoms with van der Waals surface area (Å²) in [6.45, 7) is 2.12. The Morgan fingerprint density at radius 3 is 2.70 bits per heavy atom. The summed E-state index contributed by atoms with van der Waals surface area (Å²) in [5.41, 5.74) is 7.35. The van der Waals surface area contributed by atoms with E-state index in [1.54, 1.807) is 29.5 Å². The fraction of sp³-hybridized carbons (Fsp3) is 0.231. The molecular formula is C13H13Cl2N3OS. The molecule has 1 aromatic carbocycles. The van der Waals surface area contributed by atoms with Crippen molar-refractivity contribution in [3.05, 3.63) is 49.9 Å². The second-order valence-corrected chi connectivity index (χ2v) is 5.97. The Kier molecular flexibility index (Phi) is 5.23. The van der Waals surface area contributed by atoms with E-state index in [1.807, 2.05) is 12.3 Å². The van der Waals surface area contributed by atoms with E-state index in [-0.39, 0.29) is 6.61 Å². The number of hydrogen-bond donors (Lipinski definition) is 1. The summed E-state index contributed by atoms with van der Waals surface area (Å²) < 4.78 is 0. The topological polar surface area (TPSA) is 60.5 Å². The van der Waals surface area contributed by atoms with Crippen molar-refractivity contribution in [2.45, 2.75) is 20.0 Å². The Morgan fingerprint density at radius 2 is 2.10 bits per heavy atom. The maximum Gasteiger partial charge on any atom is 0.145 e. The number of aryl methyl sites for hydroxylation is 1. The largest absolute Gasteiger partial charge is 0.389 e. The first-order valence-electron chi connectivity index (χ1n) is 5.84. The minimum Gasteiger partial charge on any atom is -0.389 e. The minimum absolute atomic E-state index is 0.176. The average molecular weight is 330 g/mol. The molecule has 0 unspecified atom stereocenters. The Morgan fingerprint density at radius 1 is 1.40 bits per heavy atom. The molecule has 0 amide bonds. The second kappa shape index (κ2) is 6.92. The van der Waals surface area contributed by atoms with E-state index < -0.39 is 0 Å². The van der Waals surface area contributed by atoms with Crippen molar-refractivity contribution in [2.75, 3.05) is 0 Å². The van der Waals surface area contributed by atoms with Gasteiger partial charge in [-0.25, -0.2) is 4.98 Å². The standard InChI is InChI=1S/C13H13Cl2N3OS/c1-8-17-9(7-20-8)5-13(16)18-19-6-10-11(14)3-2-4-12(10)15/h2-4,7H,5-6H2,1H3,(H2,16,18). The van der Waals surface area contributed by atoms with Gasteiger partial charge in [0.15, 0.2) is 0 Å². The van der Waals surface area contributed by atoms with Crippen molar-refractivity contribution in [1.82, 2.24) is 4.98 Å². The number of oxime groups is 1. The molecule has 0 aliphatic rings.